The van der Waals surface area contributed by atoms with Gasteiger partial charge in [0.1, 0.15) is 0 Å². The third-order valence-electron chi connectivity index (χ3n) is 2.05. The molecule has 3 heteroatoms. The van der Waals surface area contributed by atoms with Crippen molar-refractivity contribution in [3.63, 3.8) is 0 Å². The van der Waals surface area contributed by atoms with Crippen LogP contribution in [0.4, 0.5) is 0 Å². The van der Waals surface area contributed by atoms with Gasteiger partial charge in [-0.2, -0.15) is 0 Å². The van der Waals surface area contributed by atoms with Crippen LogP contribution in [0.5, 0.6) is 0 Å². The van der Waals surface area contributed by atoms with Crippen molar-refractivity contribution in [2.45, 2.75) is 19.4 Å². The lowest BCUT2D eigenvalue weighted by molar-refractivity contribution is 0.00955. The molecule has 1 aliphatic heterocycles. The summed E-state index contributed by atoms with van der Waals surface area (Å²) in [7, 11) is 0. The Labute approximate surface area is 67.3 Å². The highest BCUT2D eigenvalue weighted by molar-refractivity contribution is 5.63. The van der Waals surface area contributed by atoms with Crippen molar-refractivity contribution in [2.75, 3.05) is 26.3 Å². The first-order valence-electron chi connectivity index (χ1n) is 3.89. The lowest BCUT2D eigenvalue weighted by Crippen LogP contribution is -2.50. The molecule has 0 aliphatic carbocycles. The van der Waals surface area contributed by atoms with E-state index in [1.54, 1.807) is 0 Å². The molecule has 0 unspecified atom stereocenters. The Kier molecular flexibility index (Phi) is 2.62. The molecule has 1 fully saturated rings. The lowest BCUT2D eigenvalue weighted by Gasteiger charge is -2.36. The zero-order valence-electron chi connectivity index (χ0n) is 7.09. The molecule has 1 saturated heterocycles. The summed E-state index contributed by atoms with van der Waals surface area (Å²) in [5.41, 5.74) is -0.441. The predicted octanol–water partition coefficient (Wildman–Crippen LogP) is 0.207. The molecule has 0 bridgehead atoms. The second kappa shape index (κ2) is 3.32. The maximum absolute atomic E-state index is 10.5. The molecule has 0 spiro atoms. The average molecular weight is 156 g/mol. The van der Waals surface area contributed by atoms with Crippen molar-refractivity contribution in [1.29, 1.82) is 0 Å². The van der Waals surface area contributed by atoms with Crippen LogP contribution in [0.15, 0.2) is 0 Å². The van der Waals surface area contributed by atoms with Gasteiger partial charge in [-0.15, -0.1) is 0 Å². The Balaban J connectivity index is 2.50. The summed E-state index contributed by atoms with van der Waals surface area (Å²) in [6.45, 7) is 6.89. The minimum atomic E-state index is -0.441. The van der Waals surface area contributed by atoms with Crippen molar-refractivity contribution < 1.29 is 9.53 Å². The third-order valence-corrected chi connectivity index (χ3v) is 2.05. The Morgan fingerprint density at radius 1 is 1.36 bits per heavy atom. The maximum Gasteiger partial charge on any atom is 0.219 e. The molecule has 0 N–H and O–H groups in total. The van der Waals surface area contributed by atoms with Gasteiger partial charge in [-0.1, -0.05) is 0 Å². The lowest BCUT2D eigenvalue weighted by atomic mass is 10.1. The molecule has 1 heterocycles. The number of rotatable bonds is 2. The molecule has 1 rings (SSSR count). The number of nitrogens with zero attached hydrogens (tertiary/aromatic N) is 1. The number of hydrogen-bond acceptors (Lipinski definition) is 3. The van der Waals surface area contributed by atoms with Gasteiger partial charge in [-0.3, -0.25) is 9.69 Å². The molecule has 11 heavy (non-hydrogen) atoms. The summed E-state index contributed by atoms with van der Waals surface area (Å²) in [5.74, 6) is 0. The molecule has 0 atom stereocenters. The predicted molar refractivity (Wildman–Crippen MR) is 42.2 cm³/mol. The summed E-state index contributed by atoms with van der Waals surface area (Å²) < 4.78 is 5.17. The molecule has 0 aromatic rings. The minimum absolute atomic E-state index is 0.441. The fourth-order valence-electron chi connectivity index (χ4n) is 1.19. The average Bonchev–Trinajstić information content (AvgIpc) is 2.06. The van der Waals surface area contributed by atoms with E-state index in [0.717, 1.165) is 26.3 Å². The van der Waals surface area contributed by atoms with Crippen LogP contribution < -0.4 is 0 Å². The zero-order chi connectivity index (χ0) is 8.32. The molecule has 0 amide bonds. The standard InChI is InChI=1S/C8H14NO2/c1-8(2,7-10)9-3-5-11-6-4-9/h3-6H2,1-2H3. The molecular formula is C8H14NO2. The second-order valence-corrected chi connectivity index (χ2v) is 3.26. The van der Waals surface area contributed by atoms with Gasteiger partial charge in [-0.05, 0) is 13.8 Å². The smallest absolute Gasteiger partial charge is 0.219 e. The van der Waals surface area contributed by atoms with Gasteiger partial charge in [0.05, 0.1) is 18.8 Å². The SMILES string of the molecule is CC(C)([C]=O)N1CCOCC1. The maximum atomic E-state index is 10.5. The largest absolute Gasteiger partial charge is 0.379 e. The van der Waals surface area contributed by atoms with E-state index >= 15 is 0 Å². The Bertz CT molecular complexity index is 139. The van der Waals surface area contributed by atoms with Crippen LogP contribution in [0.3, 0.4) is 0 Å². The zero-order valence-corrected chi connectivity index (χ0v) is 7.09. The summed E-state index contributed by atoms with van der Waals surface area (Å²) >= 11 is 0. The summed E-state index contributed by atoms with van der Waals surface area (Å²) in [4.78, 5) is 12.6. The van der Waals surface area contributed by atoms with Crippen LogP contribution in [0, 0.1) is 0 Å². The van der Waals surface area contributed by atoms with Gasteiger partial charge in [0.15, 0.2) is 0 Å². The summed E-state index contributed by atoms with van der Waals surface area (Å²) in [6, 6.07) is 0. The van der Waals surface area contributed by atoms with Crippen LogP contribution >= 0.6 is 0 Å². The first-order valence-corrected chi connectivity index (χ1v) is 3.89. The van der Waals surface area contributed by atoms with E-state index in [2.05, 4.69) is 4.90 Å². The van der Waals surface area contributed by atoms with E-state index in [-0.39, 0.29) is 0 Å². The van der Waals surface area contributed by atoms with Crippen LogP contribution in [-0.2, 0) is 9.53 Å². The van der Waals surface area contributed by atoms with E-state index in [4.69, 9.17) is 4.74 Å². The van der Waals surface area contributed by atoms with Gasteiger partial charge >= 0.3 is 0 Å². The number of carbonyl (C=O) groups excluding carboxylic acids is 1. The molecule has 3 nitrogen and oxygen atoms in total. The Hall–Kier alpha value is -0.410. The third kappa shape index (κ3) is 2.01. The van der Waals surface area contributed by atoms with E-state index in [9.17, 15) is 4.79 Å². The fourth-order valence-corrected chi connectivity index (χ4v) is 1.19. The highest BCUT2D eigenvalue weighted by atomic mass is 16.5. The van der Waals surface area contributed by atoms with Crippen LogP contribution in [0.1, 0.15) is 13.8 Å². The Morgan fingerprint density at radius 2 is 1.91 bits per heavy atom. The van der Waals surface area contributed by atoms with Crippen molar-refractivity contribution in [3.8, 4) is 0 Å². The van der Waals surface area contributed by atoms with Crippen molar-refractivity contribution in [3.05, 3.63) is 0 Å². The van der Waals surface area contributed by atoms with E-state index < -0.39 is 5.54 Å². The van der Waals surface area contributed by atoms with Crippen LogP contribution in [0.25, 0.3) is 0 Å². The number of hydrogen-bond donors (Lipinski definition) is 0. The first-order chi connectivity index (χ1) is 5.17. The van der Waals surface area contributed by atoms with Gasteiger partial charge in [0.2, 0.25) is 6.29 Å². The van der Waals surface area contributed by atoms with E-state index in [1.807, 2.05) is 20.1 Å². The number of morpholine rings is 1. The molecular weight excluding hydrogens is 142 g/mol. The monoisotopic (exact) mass is 156 g/mol. The van der Waals surface area contributed by atoms with E-state index in [1.165, 1.54) is 0 Å². The van der Waals surface area contributed by atoms with Crippen molar-refractivity contribution >= 4 is 6.29 Å². The molecule has 0 aromatic heterocycles. The minimum Gasteiger partial charge on any atom is -0.379 e. The van der Waals surface area contributed by atoms with Crippen LogP contribution in [0.2, 0.25) is 0 Å². The molecule has 1 radical (unpaired) electrons. The summed E-state index contributed by atoms with van der Waals surface area (Å²) in [5, 5.41) is 0. The first kappa shape index (κ1) is 8.68. The molecule has 63 valence electrons. The normalized spacial score (nSPS) is 21.6. The van der Waals surface area contributed by atoms with Crippen molar-refractivity contribution in [2.24, 2.45) is 0 Å². The molecule has 0 saturated carbocycles. The van der Waals surface area contributed by atoms with Gasteiger partial charge in [0, 0.05) is 13.1 Å². The van der Waals surface area contributed by atoms with Gasteiger partial charge in [-0.25, -0.2) is 0 Å². The highest BCUT2D eigenvalue weighted by Gasteiger charge is 2.28. The second-order valence-electron chi connectivity index (χ2n) is 3.26. The number of ether oxygens (including phenoxy) is 1. The van der Waals surface area contributed by atoms with Crippen LogP contribution in [-0.4, -0.2) is 43.0 Å². The quantitative estimate of drug-likeness (QED) is 0.572. The van der Waals surface area contributed by atoms with Gasteiger partial charge in [0.25, 0.3) is 0 Å². The Morgan fingerprint density at radius 3 is 2.36 bits per heavy atom. The van der Waals surface area contributed by atoms with Crippen molar-refractivity contribution in [1.82, 2.24) is 4.90 Å². The highest BCUT2D eigenvalue weighted by Crippen LogP contribution is 2.12. The molecule has 0 aromatic carbocycles. The van der Waals surface area contributed by atoms with E-state index in [0.29, 0.717) is 0 Å². The fraction of sp³-hybridized carbons (Fsp3) is 0.875. The molecule has 1 aliphatic rings. The van der Waals surface area contributed by atoms with Gasteiger partial charge < -0.3 is 4.74 Å². The topological polar surface area (TPSA) is 29.5 Å². The summed E-state index contributed by atoms with van der Waals surface area (Å²) in [6.07, 6.45) is 2.03.